The second-order valence-electron chi connectivity index (χ2n) is 4.28. The topological polar surface area (TPSA) is 9.23 Å². The van der Waals surface area contributed by atoms with Crippen molar-refractivity contribution in [2.24, 2.45) is 0 Å². The van der Waals surface area contributed by atoms with Gasteiger partial charge in [0.15, 0.2) is 0 Å². The largest absolute Gasteiger partial charge is 0.494 e. The first-order valence-corrected chi connectivity index (χ1v) is 7.05. The third-order valence-electron chi connectivity index (χ3n) is 2.85. The third kappa shape index (κ3) is 3.14. The van der Waals surface area contributed by atoms with Gasteiger partial charge >= 0.3 is 0 Å². The summed E-state index contributed by atoms with van der Waals surface area (Å²) in [4.78, 5) is 0.230. The third-order valence-corrected chi connectivity index (χ3v) is 3.91. The van der Waals surface area contributed by atoms with Gasteiger partial charge in [0.1, 0.15) is 5.75 Å². The quantitative estimate of drug-likeness (QED) is 0.732. The SMILES string of the molecule is CCOc1ccc(C(Br)c2ccc(C)cc2)cc1. The normalized spacial score (nSPS) is 12.2. The van der Waals surface area contributed by atoms with Crippen molar-refractivity contribution in [1.82, 2.24) is 0 Å². The van der Waals surface area contributed by atoms with E-state index in [4.69, 9.17) is 4.74 Å². The van der Waals surface area contributed by atoms with E-state index in [1.807, 2.05) is 19.1 Å². The van der Waals surface area contributed by atoms with Gasteiger partial charge in [-0.15, -0.1) is 0 Å². The van der Waals surface area contributed by atoms with E-state index in [0.717, 1.165) is 5.75 Å². The van der Waals surface area contributed by atoms with Crippen LogP contribution in [0.4, 0.5) is 0 Å². The molecule has 0 saturated heterocycles. The number of ether oxygens (including phenoxy) is 1. The lowest BCUT2D eigenvalue weighted by Crippen LogP contribution is -1.94. The van der Waals surface area contributed by atoms with Crippen molar-refractivity contribution in [3.05, 3.63) is 65.2 Å². The van der Waals surface area contributed by atoms with Gasteiger partial charge in [0.2, 0.25) is 0 Å². The van der Waals surface area contributed by atoms with Crippen LogP contribution in [0.2, 0.25) is 0 Å². The lowest BCUT2D eigenvalue weighted by Gasteiger charge is -2.12. The average Bonchev–Trinajstić information content (AvgIpc) is 2.40. The van der Waals surface area contributed by atoms with Crippen LogP contribution in [0.1, 0.15) is 28.4 Å². The number of halogens is 1. The number of hydrogen-bond acceptors (Lipinski definition) is 1. The van der Waals surface area contributed by atoms with E-state index in [9.17, 15) is 0 Å². The summed E-state index contributed by atoms with van der Waals surface area (Å²) in [6.07, 6.45) is 0. The number of rotatable bonds is 4. The molecule has 2 aromatic rings. The predicted molar refractivity (Wildman–Crippen MR) is 79.6 cm³/mol. The van der Waals surface area contributed by atoms with Crippen LogP contribution in [0, 0.1) is 6.92 Å². The summed E-state index contributed by atoms with van der Waals surface area (Å²) < 4.78 is 5.45. The summed E-state index contributed by atoms with van der Waals surface area (Å²) in [6, 6.07) is 16.8. The van der Waals surface area contributed by atoms with Crippen LogP contribution < -0.4 is 4.74 Å². The number of benzene rings is 2. The highest BCUT2D eigenvalue weighted by Gasteiger charge is 2.09. The van der Waals surface area contributed by atoms with Crippen molar-refractivity contribution in [3.8, 4) is 5.75 Å². The summed E-state index contributed by atoms with van der Waals surface area (Å²) in [7, 11) is 0. The molecule has 0 aliphatic carbocycles. The Balaban J connectivity index is 2.17. The van der Waals surface area contributed by atoms with Crippen molar-refractivity contribution in [3.63, 3.8) is 0 Å². The highest BCUT2D eigenvalue weighted by atomic mass is 79.9. The molecule has 0 aliphatic heterocycles. The molecule has 0 spiro atoms. The summed E-state index contributed by atoms with van der Waals surface area (Å²) >= 11 is 3.74. The van der Waals surface area contributed by atoms with Crippen LogP contribution in [0.15, 0.2) is 48.5 Å². The van der Waals surface area contributed by atoms with Gasteiger partial charge in [-0.2, -0.15) is 0 Å². The molecular weight excluding hydrogens is 288 g/mol. The molecule has 2 aromatic carbocycles. The molecule has 1 atom stereocenters. The highest BCUT2D eigenvalue weighted by Crippen LogP contribution is 2.31. The van der Waals surface area contributed by atoms with Crippen molar-refractivity contribution in [2.45, 2.75) is 18.7 Å². The second kappa shape index (κ2) is 6.05. The molecule has 0 amide bonds. The van der Waals surface area contributed by atoms with Crippen LogP contribution in [-0.4, -0.2) is 6.61 Å². The molecule has 18 heavy (non-hydrogen) atoms. The molecule has 0 fully saturated rings. The molecule has 0 aliphatic rings. The van der Waals surface area contributed by atoms with Crippen molar-refractivity contribution < 1.29 is 4.74 Å². The number of hydrogen-bond donors (Lipinski definition) is 0. The minimum Gasteiger partial charge on any atom is -0.494 e. The van der Waals surface area contributed by atoms with Crippen molar-refractivity contribution >= 4 is 15.9 Å². The molecule has 0 bridgehead atoms. The van der Waals surface area contributed by atoms with E-state index in [-0.39, 0.29) is 4.83 Å². The maximum atomic E-state index is 5.45. The van der Waals surface area contributed by atoms with Crippen molar-refractivity contribution in [2.75, 3.05) is 6.61 Å². The zero-order valence-electron chi connectivity index (χ0n) is 10.7. The van der Waals surface area contributed by atoms with E-state index in [2.05, 4.69) is 59.3 Å². The summed E-state index contributed by atoms with van der Waals surface area (Å²) in [5.74, 6) is 0.921. The summed E-state index contributed by atoms with van der Waals surface area (Å²) in [5, 5.41) is 0. The molecule has 0 aromatic heterocycles. The van der Waals surface area contributed by atoms with Gasteiger partial charge in [0.25, 0.3) is 0 Å². The van der Waals surface area contributed by atoms with E-state index >= 15 is 0 Å². The number of aryl methyl sites for hydroxylation is 1. The fourth-order valence-electron chi connectivity index (χ4n) is 1.83. The Hall–Kier alpha value is -1.28. The highest BCUT2D eigenvalue weighted by molar-refractivity contribution is 9.09. The molecular formula is C16H17BrO. The molecule has 1 nitrogen and oxygen atoms in total. The first-order chi connectivity index (χ1) is 8.70. The molecule has 0 radical (unpaired) electrons. The molecule has 2 rings (SSSR count). The lowest BCUT2D eigenvalue weighted by atomic mass is 10.0. The maximum Gasteiger partial charge on any atom is 0.119 e. The van der Waals surface area contributed by atoms with E-state index in [1.54, 1.807) is 0 Å². The van der Waals surface area contributed by atoms with Gasteiger partial charge in [0.05, 0.1) is 11.4 Å². The predicted octanol–water partition coefficient (Wildman–Crippen LogP) is 4.88. The Bertz CT molecular complexity index is 488. The molecule has 94 valence electrons. The fraction of sp³-hybridized carbons (Fsp3) is 0.250. The van der Waals surface area contributed by atoms with Crippen LogP contribution in [0.3, 0.4) is 0 Å². The Morgan fingerprint density at radius 3 is 1.94 bits per heavy atom. The molecule has 1 unspecified atom stereocenters. The van der Waals surface area contributed by atoms with Crippen LogP contribution in [0.5, 0.6) is 5.75 Å². The first-order valence-electron chi connectivity index (χ1n) is 6.14. The van der Waals surface area contributed by atoms with Gasteiger partial charge in [-0.05, 0) is 37.1 Å². The van der Waals surface area contributed by atoms with Crippen LogP contribution >= 0.6 is 15.9 Å². The van der Waals surface area contributed by atoms with Crippen LogP contribution in [0.25, 0.3) is 0 Å². The standard InChI is InChI=1S/C16H17BrO/c1-3-18-15-10-8-14(9-11-15)16(17)13-6-4-12(2)5-7-13/h4-11,16H,3H2,1-2H3. The lowest BCUT2D eigenvalue weighted by molar-refractivity contribution is 0.340. The maximum absolute atomic E-state index is 5.45. The summed E-state index contributed by atoms with van der Waals surface area (Å²) in [5.41, 5.74) is 3.79. The van der Waals surface area contributed by atoms with Crippen molar-refractivity contribution in [1.29, 1.82) is 0 Å². The van der Waals surface area contributed by atoms with E-state index < -0.39 is 0 Å². The zero-order valence-corrected chi connectivity index (χ0v) is 12.3. The monoisotopic (exact) mass is 304 g/mol. The Kier molecular flexibility index (Phi) is 4.43. The molecule has 0 N–H and O–H groups in total. The van der Waals surface area contributed by atoms with Gasteiger partial charge in [-0.3, -0.25) is 0 Å². The van der Waals surface area contributed by atoms with Gasteiger partial charge in [-0.1, -0.05) is 57.9 Å². The Morgan fingerprint density at radius 1 is 0.944 bits per heavy atom. The molecule has 0 heterocycles. The van der Waals surface area contributed by atoms with E-state index in [1.165, 1.54) is 16.7 Å². The second-order valence-corrected chi connectivity index (χ2v) is 5.19. The van der Waals surface area contributed by atoms with Gasteiger partial charge < -0.3 is 4.74 Å². The molecule has 2 heteroatoms. The van der Waals surface area contributed by atoms with Crippen LogP contribution in [-0.2, 0) is 0 Å². The molecule has 0 saturated carbocycles. The first kappa shape index (κ1) is 13.2. The fourth-order valence-corrected chi connectivity index (χ4v) is 2.44. The smallest absolute Gasteiger partial charge is 0.119 e. The average molecular weight is 305 g/mol. The minimum atomic E-state index is 0.230. The Labute approximate surface area is 117 Å². The summed E-state index contributed by atoms with van der Waals surface area (Å²) in [6.45, 7) is 4.80. The minimum absolute atomic E-state index is 0.230. The van der Waals surface area contributed by atoms with E-state index in [0.29, 0.717) is 6.61 Å². The van der Waals surface area contributed by atoms with Gasteiger partial charge in [0, 0.05) is 0 Å². The zero-order chi connectivity index (χ0) is 13.0. The Morgan fingerprint density at radius 2 is 1.44 bits per heavy atom. The number of alkyl halides is 1. The van der Waals surface area contributed by atoms with Gasteiger partial charge in [-0.25, -0.2) is 0 Å².